The molecule has 0 spiro atoms. The zero-order chi connectivity index (χ0) is 15.2. The fraction of sp³-hybridized carbons (Fsp3) is 0.438. The van der Waals surface area contributed by atoms with Gasteiger partial charge in [0, 0.05) is 18.8 Å². The van der Waals surface area contributed by atoms with Crippen molar-refractivity contribution in [3.8, 4) is 5.69 Å². The van der Waals surface area contributed by atoms with Crippen molar-refractivity contribution >= 4 is 5.96 Å². The van der Waals surface area contributed by atoms with Crippen molar-refractivity contribution < 1.29 is 0 Å². The van der Waals surface area contributed by atoms with E-state index in [0.29, 0.717) is 12.6 Å². The summed E-state index contributed by atoms with van der Waals surface area (Å²) in [6.07, 6.45) is 6.79. The maximum absolute atomic E-state index is 4.29. The first-order chi connectivity index (χ1) is 10.9. The van der Waals surface area contributed by atoms with Crippen molar-refractivity contribution in [3.63, 3.8) is 0 Å². The van der Waals surface area contributed by atoms with E-state index in [2.05, 4.69) is 25.8 Å². The fourth-order valence-corrected chi connectivity index (χ4v) is 2.80. The molecule has 116 valence electrons. The highest BCUT2D eigenvalue weighted by molar-refractivity contribution is 5.79. The van der Waals surface area contributed by atoms with Gasteiger partial charge in [0.1, 0.15) is 6.33 Å². The van der Waals surface area contributed by atoms with Gasteiger partial charge in [0.2, 0.25) is 0 Å². The molecule has 3 rings (SSSR count). The molecule has 2 N–H and O–H groups in total. The van der Waals surface area contributed by atoms with E-state index in [1.807, 2.05) is 34.9 Å². The Morgan fingerprint density at radius 3 is 2.77 bits per heavy atom. The Morgan fingerprint density at radius 1 is 1.27 bits per heavy atom. The Labute approximate surface area is 130 Å². The second-order valence-corrected chi connectivity index (χ2v) is 5.50. The van der Waals surface area contributed by atoms with Crippen LogP contribution in [0.2, 0.25) is 0 Å². The molecule has 0 saturated heterocycles. The molecule has 22 heavy (non-hydrogen) atoms. The standard InChI is InChI=1S/C16H22N6/c1-17-16(20-13-7-5-6-8-13)18-11-15-21-19-12-22(15)14-9-3-2-4-10-14/h2-4,9-10,12-13H,5-8,11H2,1H3,(H2,17,18,20). The number of aromatic nitrogens is 3. The highest BCUT2D eigenvalue weighted by atomic mass is 15.3. The lowest BCUT2D eigenvalue weighted by Crippen LogP contribution is -2.42. The van der Waals surface area contributed by atoms with Crippen molar-refractivity contribution in [2.45, 2.75) is 38.3 Å². The third kappa shape index (κ3) is 3.44. The molecule has 1 heterocycles. The number of aliphatic imine (C=N–C) groups is 1. The lowest BCUT2D eigenvalue weighted by Gasteiger charge is -2.16. The molecule has 1 aliphatic rings. The third-order valence-corrected chi connectivity index (χ3v) is 3.99. The molecule has 0 bridgehead atoms. The summed E-state index contributed by atoms with van der Waals surface area (Å²) in [5, 5.41) is 15.0. The minimum Gasteiger partial charge on any atom is -0.354 e. The molecule has 6 nitrogen and oxygen atoms in total. The van der Waals surface area contributed by atoms with Crippen LogP contribution >= 0.6 is 0 Å². The Bertz CT molecular complexity index is 613. The van der Waals surface area contributed by atoms with E-state index in [0.717, 1.165) is 17.5 Å². The van der Waals surface area contributed by atoms with Crippen LogP contribution in [0.1, 0.15) is 31.5 Å². The number of benzene rings is 1. The monoisotopic (exact) mass is 298 g/mol. The molecule has 0 unspecified atom stereocenters. The van der Waals surface area contributed by atoms with Crippen molar-refractivity contribution in [2.75, 3.05) is 7.05 Å². The van der Waals surface area contributed by atoms with Crippen molar-refractivity contribution in [3.05, 3.63) is 42.5 Å². The van der Waals surface area contributed by atoms with Gasteiger partial charge in [0.05, 0.1) is 6.54 Å². The summed E-state index contributed by atoms with van der Waals surface area (Å²) in [5.41, 5.74) is 1.06. The van der Waals surface area contributed by atoms with Crippen molar-refractivity contribution in [2.24, 2.45) is 4.99 Å². The maximum atomic E-state index is 4.29. The second-order valence-electron chi connectivity index (χ2n) is 5.50. The zero-order valence-corrected chi connectivity index (χ0v) is 12.9. The molecule has 0 amide bonds. The number of rotatable bonds is 4. The van der Waals surface area contributed by atoms with Crippen LogP contribution < -0.4 is 10.6 Å². The number of nitrogens with one attached hydrogen (secondary N) is 2. The van der Waals surface area contributed by atoms with Gasteiger partial charge >= 0.3 is 0 Å². The Kier molecular flexibility index (Phi) is 4.68. The molecule has 6 heteroatoms. The lowest BCUT2D eigenvalue weighted by molar-refractivity contribution is 0.610. The molecule has 2 aromatic rings. The molecule has 1 aromatic heterocycles. The highest BCUT2D eigenvalue weighted by Gasteiger charge is 2.16. The normalized spacial score (nSPS) is 16.0. The van der Waals surface area contributed by atoms with E-state index in [4.69, 9.17) is 0 Å². The highest BCUT2D eigenvalue weighted by Crippen LogP contribution is 2.17. The first-order valence-electron chi connectivity index (χ1n) is 7.78. The van der Waals surface area contributed by atoms with Crippen molar-refractivity contribution in [1.82, 2.24) is 25.4 Å². The lowest BCUT2D eigenvalue weighted by atomic mass is 10.2. The zero-order valence-electron chi connectivity index (χ0n) is 12.9. The van der Waals surface area contributed by atoms with Crippen LogP contribution in [0.15, 0.2) is 41.7 Å². The summed E-state index contributed by atoms with van der Waals surface area (Å²) >= 11 is 0. The van der Waals surface area contributed by atoms with Crippen LogP contribution in [-0.2, 0) is 6.54 Å². The quantitative estimate of drug-likeness (QED) is 0.668. The van der Waals surface area contributed by atoms with Crippen LogP contribution in [-0.4, -0.2) is 33.8 Å². The maximum Gasteiger partial charge on any atom is 0.191 e. The number of guanidine groups is 1. The minimum atomic E-state index is 0.540. The molecule has 1 fully saturated rings. The van der Waals surface area contributed by atoms with Crippen LogP contribution in [0.5, 0.6) is 0 Å². The Hall–Kier alpha value is -2.37. The van der Waals surface area contributed by atoms with E-state index >= 15 is 0 Å². The topological polar surface area (TPSA) is 67.1 Å². The summed E-state index contributed by atoms with van der Waals surface area (Å²) in [6.45, 7) is 0.585. The minimum absolute atomic E-state index is 0.540. The first-order valence-corrected chi connectivity index (χ1v) is 7.78. The third-order valence-electron chi connectivity index (χ3n) is 3.99. The van der Waals surface area contributed by atoms with Gasteiger partial charge in [0.15, 0.2) is 11.8 Å². The van der Waals surface area contributed by atoms with Gasteiger partial charge in [-0.3, -0.25) is 9.56 Å². The number of hydrogen-bond donors (Lipinski definition) is 2. The molecule has 1 saturated carbocycles. The molecular formula is C16H22N6. The van der Waals surface area contributed by atoms with E-state index < -0.39 is 0 Å². The average Bonchev–Trinajstić information content (AvgIpc) is 3.23. The van der Waals surface area contributed by atoms with Crippen molar-refractivity contribution in [1.29, 1.82) is 0 Å². The van der Waals surface area contributed by atoms with E-state index in [1.165, 1.54) is 25.7 Å². The summed E-state index contributed by atoms with van der Waals surface area (Å²) in [6, 6.07) is 10.6. The summed E-state index contributed by atoms with van der Waals surface area (Å²) in [7, 11) is 1.80. The van der Waals surface area contributed by atoms with E-state index in [1.54, 1.807) is 13.4 Å². The molecule has 1 aromatic carbocycles. The SMILES string of the molecule is CN=C(NCc1nncn1-c1ccccc1)NC1CCCC1. The Balaban J connectivity index is 1.63. The van der Waals surface area contributed by atoms with Crippen LogP contribution in [0.25, 0.3) is 5.69 Å². The van der Waals surface area contributed by atoms with Gasteiger partial charge in [-0.2, -0.15) is 0 Å². The van der Waals surface area contributed by atoms with Gasteiger partial charge < -0.3 is 10.6 Å². The largest absolute Gasteiger partial charge is 0.354 e. The molecular weight excluding hydrogens is 276 g/mol. The summed E-state index contributed by atoms with van der Waals surface area (Å²) in [5.74, 6) is 1.69. The number of nitrogens with zero attached hydrogens (tertiary/aromatic N) is 4. The van der Waals surface area contributed by atoms with E-state index in [-0.39, 0.29) is 0 Å². The van der Waals surface area contributed by atoms with Gasteiger partial charge in [-0.15, -0.1) is 10.2 Å². The first kappa shape index (κ1) is 14.6. The molecule has 0 atom stereocenters. The summed E-state index contributed by atoms with van der Waals surface area (Å²) < 4.78 is 1.98. The fourth-order valence-electron chi connectivity index (χ4n) is 2.80. The average molecular weight is 298 g/mol. The van der Waals surface area contributed by atoms with E-state index in [9.17, 15) is 0 Å². The molecule has 1 aliphatic carbocycles. The Morgan fingerprint density at radius 2 is 2.05 bits per heavy atom. The predicted molar refractivity (Wildman–Crippen MR) is 86.9 cm³/mol. The summed E-state index contributed by atoms with van der Waals surface area (Å²) in [4.78, 5) is 4.29. The number of hydrogen-bond acceptors (Lipinski definition) is 3. The second kappa shape index (κ2) is 7.06. The van der Waals surface area contributed by atoms with Crippen LogP contribution in [0.4, 0.5) is 0 Å². The number of para-hydroxylation sites is 1. The smallest absolute Gasteiger partial charge is 0.191 e. The van der Waals surface area contributed by atoms with Gasteiger partial charge in [-0.05, 0) is 25.0 Å². The van der Waals surface area contributed by atoms with Gasteiger partial charge in [-0.1, -0.05) is 31.0 Å². The van der Waals surface area contributed by atoms with Crippen LogP contribution in [0.3, 0.4) is 0 Å². The van der Waals surface area contributed by atoms with Gasteiger partial charge in [-0.25, -0.2) is 0 Å². The molecule has 0 radical (unpaired) electrons. The molecule has 0 aliphatic heterocycles. The van der Waals surface area contributed by atoms with Crippen LogP contribution in [0, 0.1) is 0 Å². The predicted octanol–water partition coefficient (Wildman–Crippen LogP) is 1.87. The van der Waals surface area contributed by atoms with Gasteiger partial charge in [0.25, 0.3) is 0 Å².